The normalized spacial score (nSPS) is 11.7. The number of nitrogens with one attached hydrogen (secondary N) is 2. The van der Waals surface area contributed by atoms with Gasteiger partial charge in [0.25, 0.3) is 11.5 Å². The molecule has 1 aromatic carbocycles. The summed E-state index contributed by atoms with van der Waals surface area (Å²) in [4.78, 5) is 69.8. The largest absolute Gasteiger partial charge is 0.478 e. The summed E-state index contributed by atoms with van der Waals surface area (Å²) >= 11 is 1.46. The highest BCUT2D eigenvalue weighted by atomic mass is 32.2. The fraction of sp³-hybridized carbons (Fsp3) is 0.286. The maximum absolute atomic E-state index is 12.9. The Morgan fingerprint density at radius 1 is 1.15 bits per heavy atom. The fourth-order valence-electron chi connectivity index (χ4n) is 3.18. The number of anilines is 1. The Bertz CT molecular complexity index is 1400. The van der Waals surface area contributed by atoms with Crippen molar-refractivity contribution in [1.82, 2.24) is 24.4 Å². The average molecular weight is 487 g/mol. The highest BCUT2D eigenvalue weighted by Gasteiger charge is 2.24. The average Bonchev–Trinajstić information content (AvgIpc) is 2.83. The van der Waals surface area contributed by atoms with Gasteiger partial charge in [0.1, 0.15) is 11.7 Å². The summed E-state index contributed by atoms with van der Waals surface area (Å²) in [5, 5.41) is 14.4. The number of fused-ring (bicyclic) bond motifs is 1. The third kappa shape index (κ3) is 4.98. The number of hydrogen-bond acceptors (Lipinski definition) is 8. The molecule has 2 heterocycles. The summed E-state index contributed by atoms with van der Waals surface area (Å²) in [6.45, 7) is 0. The molecule has 3 aromatic rings. The lowest BCUT2D eigenvalue weighted by molar-refractivity contribution is -0.118. The van der Waals surface area contributed by atoms with E-state index in [9.17, 15) is 29.1 Å². The molecule has 2 aromatic heterocycles. The van der Waals surface area contributed by atoms with Crippen molar-refractivity contribution in [3.63, 3.8) is 0 Å². The first-order valence-corrected chi connectivity index (χ1v) is 11.4. The number of benzene rings is 1. The van der Waals surface area contributed by atoms with E-state index in [1.165, 1.54) is 44.1 Å². The first-order chi connectivity index (χ1) is 16.1. The predicted molar refractivity (Wildman–Crippen MR) is 126 cm³/mol. The van der Waals surface area contributed by atoms with Gasteiger partial charge in [-0.25, -0.2) is 19.6 Å². The number of carbonyl (C=O) groups excluding carboxylic acids is 2. The Hall–Kier alpha value is -4.00. The van der Waals surface area contributed by atoms with Crippen molar-refractivity contribution in [3.05, 3.63) is 62.6 Å². The summed E-state index contributed by atoms with van der Waals surface area (Å²) in [5.41, 5.74) is -1.65. The van der Waals surface area contributed by atoms with E-state index in [0.717, 1.165) is 15.3 Å². The van der Waals surface area contributed by atoms with Crippen LogP contribution in [0.3, 0.4) is 0 Å². The van der Waals surface area contributed by atoms with Gasteiger partial charge in [-0.2, -0.15) is 11.8 Å². The van der Waals surface area contributed by atoms with Crippen molar-refractivity contribution in [3.8, 4) is 0 Å². The number of hydrogen-bond donors (Lipinski definition) is 3. The van der Waals surface area contributed by atoms with Crippen molar-refractivity contribution in [2.75, 3.05) is 17.3 Å². The van der Waals surface area contributed by atoms with Gasteiger partial charge in [0.15, 0.2) is 11.2 Å². The number of carboxylic acids is 1. The van der Waals surface area contributed by atoms with Gasteiger partial charge < -0.3 is 15.7 Å². The fourth-order valence-corrected chi connectivity index (χ4v) is 3.65. The van der Waals surface area contributed by atoms with Crippen LogP contribution in [-0.2, 0) is 18.9 Å². The molecule has 3 N–H and O–H groups in total. The molecule has 1 atom stereocenters. The monoisotopic (exact) mass is 486 g/mol. The molecule has 13 heteroatoms. The molecule has 0 aliphatic carbocycles. The van der Waals surface area contributed by atoms with Crippen LogP contribution in [0.4, 0.5) is 5.69 Å². The minimum Gasteiger partial charge on any atom is -0.478 e. The molecule has 34 heavy (non-hydrogen) atoms. The maximum Gasteiger partial charge on any atom is 0.337 e. The maximum atomic E-state index is 12.9. The number of nitrogens with zero attached hydrogens (tertiary/aromatic N) is 4. The molecule has 0 aliphatic rings. The first kappa shape index (κ1) is 24.6. The zero-order valence-corrected chi connectivity index (χ0v) is 19.4. The molecular formula is C21H22N6O6S. The van der Waals surface area contributed by atoms with Gasteiger partial charge >= 0.3 is 11.7 Å². The van der Waals surface area contributed by atoms with Crippen molar-refractivity contribution >= 4 is 46.4 Å². The highest BCUT2D eigenvalue weighted by Crippen LogP contribution is 2.16. The SMILES string of the molecule is CSCC[C@H](NC(=O)c1cnc2c(n1)c(=O)n(C)c(=O)n2C)C(=O)Nc1ccccc1C(=O)O. The number of rotatable bonds is 8. The molecule has 3 rings (SSSR count). The molecule has 12 nitrogen and oxygen atoms in total. The summed E-state index contributed by atoms with van der Waals surface area (Å²) in [7, 11) is 2.71. The number of aromatic carboxylic acids is 1. The van der Waals surface area contributed by atoms with E-state index in [0.29, 0.717) is 5.75 Å². The van der Waals surface area contributed by atoms with E-state index >= 15 is 0 Å². The lowest BCUT2D eigenvalue weighted by Crippen LogP contribution is -2.45. The molecule has 2 amide bonds. The number of aromatic nitrogens is 4. The summed E-state index contributed by atoms with van der Waals surface area (Å²) < 4.78 is 1.99. The Morgan fingerprint density at radius 3 is 2.53 bits per heavy atom. The molecule has 0 bridgehead atoms. The second-order valence-corrected chi connectivity index (χ2v) is 8.27. The van der Waals surface area contributed by atoms with E-state index in [1.54, 1.807) is 6.07 Å². The topological polar surface area (TPSA) is 165 Å². The molecule has 0 saturated carbocycles. The number of carbonyl (C=O) groups is 3. The molecular weight excluding hydrogens is 464 g/mol. The van der Waals surface area contributed by atoms with Gasteiger partial charge in [0.2, 0.25) is 5.91 Å². The third-order valence-corrected chi connectivity index (χ3v) is 5.68. The van der Waals surface area contributed by atoms with Gasteiger partial charge in [0, 0.05) is 14.1 Å². The molecule has 178 valence electrons. The summed E-state index contributed by atoms with van der Waals surface area (Å²) in [6, 6.07) is 4.90. The highest BCUT2D eigenvalue weighted by molar-refractivity contribution is 7.98. The van der Waals surface area contributed by atoms with Crippen LogP contribution >= 0.6 is 11.8 Å². The second kappa shape index (κ2) is 10.3. The lowest BCUT2D eigenvalue weighted by atomic mass is 10.1. The Balaban J connectivity index is 1.89. The zero-order chi connectivity index (χ0) is 25.0. The number of thioether (sulfide) groups is 1. The van der Waals surface area contributed by atoms with E-state index in [2.05, 4.69) is 20.6 Å². The number of amides is 2. The molecule has 0 unspecified atom stereocenters. The van der Waals surface area contributed by atoms with Crippen LogP contribution in [0, 0.1) is 0 Å². The Morgan fingerprint density at radius 2 is 1.85 bits per heavy atom. The van der Waals surface area contributed by atoms with Crippen molar-refractivity contribution in [2.45, 2.75) is 12.5 Å². The predicted octanol–water partition coefficient (Wildman–Crippen LogP) is 0.216. The van der Waals surface area contributed by atoms with Gasteiger partial charge in [0.05, 0.1) is 17.4 Å². The third-order valence-electron chi connectivity index (χ3n) is 5.03. The van der Waals surface area contributed by atoms with Crippen LogP contribution in [0.1, 0.15) is 27.3 Å². The van der Waals surface area contributed by atoms with Crippen LogP contribution in [0.15, 0.2) is 40.1 Å². The summed E-state index contributed by atoms with van der Waals surface area (Å²) in [6.07, 6.45) is 3.20. The van der Waals surface area contributed by atoms with Crippen LogP contribution in [-0.4, -0.2) is 60.0 Å². The van der Waals surface area contributed by atoms with Crippen molar-refractivity contribution in [2.24, 2.45) is 14.1 Å². The Labute approximate surface area is 197 Å². The van der Waals surface area contributed by atoms with Gasteiger partial charge in [-0.05, 0) is 30.6 Å². The first-order valence-electron chi connectivity index (χ1n) is 10.0. The van der Waals surface area contributed by atoms with E-state index in [-0.39, 0.29) is 34.5 Å². The molecule has 0 fully saturated rings. The number of carboxylic acid groups (broad SMARTS) is 1. The van der Waals surface area contributed by atoms with Crippen molar-refractivity contribution < 1.29 is 19.5 Å². The zero-order valence-electron chi connectivity index (χ0n) is 18.6. The van der Waals surface area contributed by atoms with Gasteiger partial charge in [-0.1, -0.05) is 12.1 Å². The smallest absolute Gasteiger partial charge is 0.337 e. The van der Waals surface area contributed by atoms with Crippen LogP contribution < -0.4 is 21.9 Å². The van der Waals surface area contributed by atoms with Crippen molar-refractivity contribution in [1.29, 1.82) is 0 Å². The molecule has 0 radical (unpaired) electrons. The Kier molecular flexibility index (Phi) is 7.46. The molecule has 0 spiro atoms. The lowest BCUT2D eigenvalue weighted by Gasteiger charge is -2.19. The van der Waals surface area contributed by atoms with E-state index in [4.69, 9.17) is 0 Å². The number of para-hydroxylation sites is 1. The quantitative estimate of drug-likeness (QED) is 0.404. The van der Waals surface area contributed by atoms with Gasteiger partial charge in [-0.3, -0.25) is 23.5 Å². The minimum atomic E-state index is -1.21. The molecule has 0 saturated heterocycles. The van der Waals surface area contributed by atoms with Crippen LogP contribution in [0.5, 0.6) is 0 Å². The van der Waals surface area contributed by atoms with E-state index < -0.39 is 35.1 Å². The molecule has 0 aliphatic heterocycles. The standard InChI is InChI=1S/C21H22N6O6S/c1-26-16-15(19(30)27(2)21(26)33)23-14(10-22-16)18(29)25-13(8-9-34-3)17(28)24-12-7-5-4-6-11(12)20(31)32/h4-7,10,13H,8-9H2,1-3H3,(H,24,28)(H,25,29)(H,31,32)/t13-/m0/s1. The number of aryl methyl sites for hydroxylation is 1. The second-order valence-electron chi connectivity index (χ2n) is 7.28. The van der Waals surface area contributed by atoms with E-state index in [1.807, 2.05) is 6.26 Å². The minimum absolute atomic E-state index is 0.0200. The van der Waals surface area contributed by atoms with Gasteiger partial charge in [-0.15, -0.1) is 0 Å². The van der Waals surface area contributed by atoms with Crippen LogP contribution in [0.25, 0.3) is 11.2 Å². The van der Waals surface area contributed by atoms with Crippen LogP contribution in [0.2, 0.25) is 0 Å². The summed E-state index contributed by atoms with van der Waals surface area (Å²) in [5.74, 6) is -2.03.